The molecule has 88 valence electrons. The van der Waals surface area contributed by atoms with Crippen LogP contribution >= 0.6 is 0 Å². The molecule has 2 rings (SSSR count). The summed E-state index contributed by atoms with van der Waals surface area (Å²) in [4.78, 5) is 14.7. The topological polar surface area (TPSA) is 91.3 Å². The van der Waals surface area contributed by atoms with Crippen molar-refractivity contribution in [2.24, 2.45) is 5.73 Å². The van der Waals surface area contributed by atoms with Crippen molar-refractivity contribution in [2.75, 3.05) is 13.2 Å². The first kappa shape index (κ1) is 11.3. The van der Waals surface area contributed by atoms with Gasteiger partial charge in [-0.2, -0.15) is 0 Å². The number of hydrogen-bond acceptors (Lipinski definition) is 5. The maximum Gasteiger partial charge on any atom is 0.320 e. The zero-order valence-electron chi connectivity index (χ0n) is 9.00. The predicted molar refractivity (Wildman–Crippen MR) is 62.9 cm³/mol. The van der Waals surface area contributed by atoms with Gasteiger partial charge in [0, 0.05) is 12.7 Å². The molecule has 0 saturated heterocycles. The number of nitro benzene ring substituents is 1. The smallest absolute Gasteiger partial charge is 0.320 e. The van der Waals surface area contributed by atoms with Crippen LogP contribution in [0.15, 0.2) is 30.5 Å². The zero-order valence-corrected chi connectivity index (χ0v) is 9.00. The summed E-state index contributed by atoms with van der Waals surface area (Å²) in [6.07, 6.45) is 1.59. The molecule has 0 aliphatic carbocycles. The Morgan fingerprint density at radius 3 is 2.94 bits per heavy atom. The van der Waals surface area contributed by atoms with E-state index >= 15 is 0 Å². The molecule has 0 radical (unpaired) electrons. The normalized spacial score (nSPS) is 10.4. The molecule has 1 aromatic carbocycles. The van der Waals surface area contributed by atoms with Crippen LogP contribution in [0.1, 0.15) is 0 Å². The van der Waals surface area contributed by atoms with Crippen molar-refractivity contribution in [3.05, 3.63) is 40.6 Å². The molecule has 0 unspecified atom stereocenters. The zero-order chi connectivity index (χ0) is 12.3. The number of hydrogen-bond donors (Lipinski definition) is 1. The van der Waals surface area contributed by atoms with E-state index in [4.69, 9.17) is 10.5 Å². The minimum atomic E-state index is -0.462. The molecule has 0 spiro atoms. The summed E-state index contributed by atoms with van der Waals surface area (Å²) in [6, 6.07) is 6.54. The molecule has 0 bridgehead atoms. The highest BCUT2D eigenvalue weighted by molar-refractivity contribution is 5.90. The fraction of sp³-hybridized carbons (Fsp3) is 0.182. The quantitative estimate of drug-likeness (QED) is 0.637. The van der Waals surface area contributed by atoms with Gasteiger partial charge in [0.1, 0.15) is 6.61 Å². The number of nitrogens with zero attached hydrogens (tertiary/aromatic N) is 2. The lowest BCUT2D eigenvalue weighted by atomic mass is 10.1. The summed E-state index contributed by atoms with van der Waals surface area (Å²) < 4.78 is 5.26. The van der Waals surface area contributed by atoms with Gasteiger partial charge in [-0.25, -0.2) is 0 Å². The first-order valence-corrected chi connectivity index (χ1v) is 5.09. The number of rotatable bonds is 4. The highest BCUT2D eigenvalue weighted by Gasteiger charge is 2.19. The number of nitro groups is 1. The minimum absolute atomic E-state index is 0.0657. The Hall–Kier alpha value is -2.21. The van der Waals surface area contributed by atoms with Crippen LogP contribution in [0.4, 0.5) is 5.69 Å². The fourth-order valence-electron chi connectivity index (χ4n) is 1.59. The number of pyridine rings is 1. The Bertz CT molecular complexity index is 557. The average molecular weight is 233 g/mol. The lowest BCUT2D eigenvalue weighted by Crippen LogP contribution is -2.11. The van der Waals surface area contributed by atoms with E-state index in [1.807, 2.05) is 0 Å². The predicted octanol–water partition coefficient (Wildman–Crippen LogP) is 1.48. The maximum atomic E-state index is 11.1. The summed E-state index contributed by atoms with van der Waals surface area (Å²) in [5.74, 6) is 0.223. The molecular weight excluding hydrogens is 222 g/mol. The number of benzene rings is 1. The minimum Gasteiger partial charge on any atom is -0.485 e. The second-order valence-electron chi connectivity index (χ2n) is 3.38. The lowest BCUT2D eigenvalue weighted by Gasteiger charge is -2.06. The Labute approximate surface area is 97.2 Å². The van der Waals surface area contributed by atoms with E-state index in [0.717, 1.165) is 0 Å². The standard InChI is InChI=1S/C11H11N3O3/c12-5-7-17-10-4-3-9-8(2-1-6-13-9)11(10)14(15)16/h1-4,6H,5,7,12H2. The van der Waals surface area contributed by atoms with Crippen molar-refractivity contribution < 1.29 is 9.66 Å². The third-order valence-electron chi connectivity index (χ3n) is 2.28. The average Bonchev–Trinajstić information content (AvgIpc) is 2.35. The fourth-order valence-corrected chi connectivity index (χ4v) is 1.59. The van der Waals surface area contributed by atoms with Crippen molar-refractivity contribution in [1.82, 2.24) is 4.98 Å². The lowest BCUT2D eigenvalue weighted by molar-refractivity contribution is -0.384. The number of aromatic nitrogens is 1. The largest absolute Gasteiger partial charge is 0.485 e. The van der Waals surface area contributed by atoms with Gasteiger partial charge in [0.25, 0.3) is 0 Å². The van der Waals surface area contributed by atoms with Crippen LogP contribution < -0.4 is 10.5 Å². The molecule has 0 saturated carbocycles. The molecule has 0 atom stereocenters. The van der Waals surface area contributed by atoms with Crippen molar-refractivity contribution in [3.63, 3.8) is 0 Å². The summed E-state index contributed by atoms with van der Waals surface area (Å²) in [5.41, 5.74) is 5.81. The van der Waals surface area contributed by atoms with E-state index in [2.05, 4.69) is 4.98 Å². The number of ether oxygens (including phenoxy) is 1. The van der Waals surface area contributed by atoms with Crippen LogP contribution in [-0.4, -0.2) is 23.1 Å². The molecular formula is C11H11N3O3. The van der Waals surface area contributed by atoms with Crippen molar-refractivity contribution >= 4 is 16.6 Å². The van der Waals surface area contributed by atoms with E-state index in [1.54, 1.807) is 30.5 Å². The molecule has 6 nitrogen and oxygen atoms in total. The molecule has 0 fully saturated rings. The summed E-state index contributed by atoms with van der Waals surface area (Å²) in [7, 11) is 0. The van der Waals surface area contributed by atoms with Gasteiger partial charge < -0.3 is 10.5 Å². The summed E-state index contributed by atoms with van der Waals surface area (Å²) >= 11 is 0. The van der Waals surface area contributed by atoms with Gasteiger partial charge >= 0.3 is 5.69 Å². The monoisotopic (exact) mass is 233 g/mol. The third-order valence-corrected chi connectivity index (χ3v) is 2.28. The van der Waals surface area contributed by atoms with Crippen molar-refractivity contribution in [3.8, 4) is 5.75 Å². The highest BCUT2D eigenvalue weighted by Crippen LogP contribution is 2.34. The highest BCUT2D eigenvalue weighted by atomic mass is 16.6. The van der Waals surface area contributed by atoms with E-state index in [-0.39, 0.29) is 18.0 Å². The Balaban J connectivity index is 2.60. The van der Waals surface area contributed by atoms with Crippen molar-refractivity contribution in [1.29, 1.82) is 0 Å². The second kappa shape index (κ2) is 4.75. The SMILES string of the molecule is NCCOc1ccc2ncccc2c1[N+](=O)[O-]. The molecule has 1 heterocycles. The maximum absolute atomic E-state index is 11.1. The van der Waals surface area contributed by atoms with Crippen LogP contribution in [0.5, 0.6) is 5.75 Å². The third kappa shape index (κ3) is 2.16. The van der Waals surface area contributed by atoms with E-state index in [1.165, 1.54) is 0 Å². The molecule has 2 N–H and O–H groups in total. The Morgan fingerprint density at radius 1 is 1.41 bits per heavy atom. The van der Waals surface area contributed by atoms with Crippen LogP contribution in [0.2, 0.25) is 0 Å². The Kier molecular flexibility index (Phi) is 3.15. The number of nitrogens with two attached hydrogens (primary N) is 1. The van der Waals surface area contributed by atoms with Crippen molar-refractivity contribution in [2.45, 2.75) is 0 Å². The number of fused-ring (bicyclic) bond motifs is 1. The van der Waals surface area contributed by atoms with Gasteiger partial charge in [0.15, 0.2) is 5.75 Å². The van der Waals surface area contributed by atoms with E-state index in [0.29, 0.717) is 17.4 Å². The molecule has 2 aromatic rings. The van der Waals surface area contributed by atoms with E-state index in [9.17, 15) is 10.1 Å². The molecule has 0 amide bonds. The Morgan fingerprint density at radius 2 is 2.24 bits per heavy atom. The molecule has 6 heteroatoms. The van der Waals surface area contributed by atoms with Gasteiger partial charge in [-0.05, 0) is 24.3 Å². The van der Waals surface area contributed by atoms with Gasteiger partial charge in [-0.3, -0.25) is 15.1 Å². The van der Waals surface area contributed by atoms with E-state index < -0.39 is 4.92 Å². The van der Waals surface area contributed by atoms with Gasteiger partial charge in [-0.15, -0.1) is 0 Å². The molecule has 0 aliphatic rings. The van der Waals surface area contributed by atoms with Gasteiger partial charge in [-0.1, -0.05) is 0 Å². The first-order chi connectivity index (χ1) is 8.24. The van der Waals surface area contributed by atoms with Crippen LogP contribution in [0.3, 0.4) is 0 Å². The van der Waals surface area contributed by atoms with Gasteiger partial charge in [0.2, 0.25) is 0 Å². The second-order valence-corrected chi connectivity index (χ2v) is 3.38. The van der Waals surface area contributed by atoms with Crippen LogP contribution in [0, 0.1) is 10.1 Å². The molecule has 17 heavy (non-hydrogen) atoms. The summed E-state index contributed by atoms with van der Waals surface area (Å²) in [5, 5.41) is 11.5. The molecule has 1 aromatic heterocycles. The van der Waals surface area contributed by atoms with Gasteiger partial charge in [0.05, 0.1) is 15.8 Å². The summed E-state index contributed by atoms with van der Waals surface area (Å²) in [6.45, 7) is 0.550. The first-order valence-electron chi connectivity index (χ1n) is 5.09. The van der Waals surface area contributed by atoms with Crippen LogP contribution in [-0.2, 0) is 0 Å². The van der Waals surface area contributed by atoms with Crippen LogP contribution in [0.25, 0.3) is 10.9 Å². The molecule has 0 aliphatic heterocycles.